The van der Waals surface area contributed by atoms with Crippen molar-refractivity contribution < 1.29 is 18.8 Å². The zero-order valence-electron chi connectivity index (χ0n) is 12.2. The fourth-order valence-electron chi connectivity index (χ4n) is 1.86. The molecule has 0 bridgehead atoms. The molecule has 0 unspecified atom stereocenters. The van der Waals surface area contributed by atoms with Crippen LogP contribution >= 0.6 is 11.6 Å². The van der Waals surface area contributed by atoms with Gasteiger partial charge in [-0.1, -0.05) is 23.7 Å². The monoisotopic (exact) mass is 337 g/mol. The number of nitro groups is 1. The van der Waals surface area contributed by atoms with Gasteiger partial charge in [0.25, 0.3) is 0 Å². The van der Waals surface area contributed by atoms with Crippen molar-refractivity contribution in [3.8, 4) is 11.5 Å². The van der Waals surface area contributed by atoms with Crippen LogP contribution in [0.5, 0.6) is 11.5 Å². The van der Waals surface area contributed by atoms with Crippen LogP contribution < -0.4 is 9.47 Å². The van der Waals surface area contributed by atoms with Gasteiger partial charge in [0, 0.05) is 6.08 Å². The molecule has 7 heteroatoms. The van der Waals surface area contributed by atoms with E-state index in [0.717, 1.165) is 11.8 Å². The summed E-state index contributed by atoms with van der Waals surface area (Å²) >= 11 is 6.15. The number of benzene rings is 2. The van der Waals surface area contributed by atoms with E-state index in [1.54, 1.807) is 18.2 Å². The number of ether oxygens (including phenoxy) is 2. The summed E-state index contributed by atoms with van der Waals surface area (Å²) in [6, 6.07) is 8.98. The lowest BCUT2D eigenvalue weighted by molar-refractivity contribution is -0.400. The third-order valence-electron chi connectivity index (χ3n) is 2.94. The lowest BCUT2D eigenvalue weighted by Crippen LogP contribution is -1.99. The predicted octanol–water partition coefficient (Wildman–Crippen LogP) is 4.31. The van der Waals surface area contributed by atoms with Crippen LogP contribution in [-0.4, -0.2) is 12.0 Å². The molecule has 0 saturated carbocycles. The predicted molar refractivity (Wildman–Crippen MR) is 84.8 cm³/mol. The van der Waals surface area contributed by atoms with Crippen molar-refractivity contribution in [1.29, 1.82) is 0 Å². The van der Waals surface area contributed by atoms with Crippen molar-refractivity contribution in [3.63, 3.8) is 0 Å². The Labute approximate surface area is 137 Å². The van der Waals surface area contributed by atoms with Crippen molar-refractivity contribution in [2.45, 2.75) is 6.61 Å². The lowest BCUT2D eigenvalue weighted by Gasteiger charge is -2.13. The normalized spacial score (nSPS) is 10.7. The first-order chi connectivity index (χ1) is 11.0. The van der Waals surface area contributed by atoms with E-state index in [0.29, 0.717) is 17.1 Å². The summed E-state index contributed by atoms with van der Waals surface area (Å²) in [6.07, 6.45) is 2.11. The minimum absolute atomic E-state index is 0.181. The highest BCUT2D eigenvalue weighted by Crippen LogP contribution is 2.37. The SMILES string of the molecule is COc1cc(/C=C/[N+](=O)[O-])cc(Cl)c1OCc1ccc(F)cc1. The second-order valence-corrected chi connectivity index (χ2v) is 4.96. The molecule has 0 amide bonds. The lowest BCUT2D eigenvalue weighted by atomic mass is 10.2. The van der Waals surface area contributed by atoms with Crippen molar-refractivity contribution >= 4 is 17.7 Å². The number of halogens is 2. The molecule has 0 aliphatic carbocycles. The topological polar surface area (TPSA) is 61.6 Å². The van der Waals surface area contributed by atoms with Crippen molar-refractivity contribution in [2.24, 2.45) is 0 Å². The summed E-state index contributed by atoms with van der Waals surface area (Å²) in [5.74, 6) is 0.339. The summed E-state index contributed by atoms with van der Waals surface area (Å²) < 4.78 is 23.7. The first kappa shape index (κ1) is 16.8. The van der Waals surface area contributed by atoms with Crippen LogP contribution in [0, 0.1) is 15.9 Å². The van der Waals surface area contributed by atoms with Crippen LogP contribution in [0.3, 0.4) is 0 Å². The fraction of sp³-hybridized carbons (Fsp3) is 0.125. The van der Waals surface area contributed by atoms with Crippen molar-refractivity contribution in [1.82, 2.24) is 0 Å². The summed E-state index contributed by atoms with van der Waals surface area (Å²) in [5, 5.41) is 10.6. The number of hydrogen-bond donors (Lipinski definition) is 0. The van der Waals surface area contributed by atoms with E-state index in [2.05, 4.69) is 0 Å². The van der Waals surface area contributed by atoms with Crippen molar-refractivity contribution in [2.75, 3.05) is 7.11 Å². The third kappa shape index (κ3) is 4.69. The smallest absolute Gasteiger partial charge is 0.235 e. The van der Waals surface area contributed by atoms with Gasteiger partial charge < -0.3 is 9.47 Å². The molecule has 0 aromatic heterocycles. The first-order valence-corrected chi connectivity index (χ1v) is 6.94. The molecular weight excluding hydrogens is 325 g/mol. The molecule has 2 rings (SSSR count). The highest BCUT2D eigenvalue weighted by atomic mass is 35.5. The molecule has 0 aliphatic rings. The molecule has 0 radical (unpaired) electrons. The van der Waals surface area contributed by atoms with E-state index in [-0.39, 0.29) is 17.4 Å². The molecule has 0 saturated heterocycles. The Morgan fingerprint density at radius 3 is 2.61 bits per heavy atom. The summed E-state index contributed by atoms with van der Waals surface area (Å²) in [5.41, 5.74) is 1.28. The minimum Gasteiger partial charge on any atom is -0.493 e. The van der Waals surface area contributed by atoms with Gasteiger partial charge in [0.1, 0.15) is 12.4 Å². The van der Waals surface area contributed by atoms with E-state index >= 15 is 0 Å². The Morgan fingerprint density at radius 2 is 2.00 bits per heavy atom. The maximum atomic E-state index is 12.9. The molecule has 0 aliphatic heterocycles. The van der Waals surface area contributed by atoms with Crippen LogP contribution in [0.1, 0.15) is 11.1 Å². The molecule has 2 aromatic carbocycles. The van der Waals surface area contributed by atoms with Gasteiger partial charge >= 0.3 is 0 Å². The van der Waals surface area contributed by atoms with Crippen LogP contribution in [0.25, 0.3) is 6.08 Å². The number of methoxy groups -OCH3 is 1. The highest BCUT2D eigenvalue weighted by molar-refractivity contribution is 6.32. The van der Waals surface area contributed by atoms with Gasteiger partial charge in [-0.25, -0.2) is 4.39 Å². The zero-order chi connectivity index (χ0) is 16.8. The van der Waals surface area contributed by atoms with E-state index in [1.807, 2.05) is 0 Å². The molecule has 0 N–H and O–H groups in total. The van der Waals surface area contributed by atoms with Gasteiger partial charge in [0.2, 0.25) is 6.20 Å². The third-order valence-corrected chi connectivity index (χ3v) is 3.22. The van der Waals surface area contributed by atoms with E-state index in [4.69, 9.17) is 21.1 Å². The molecule has 5 nitrogen and oxygen atoms in total. The Bertz CT molecular complexity index is 732. The van der Waals surface area contributed by atoms with Crippen LogP contribution in [-0.2, 0) is 6.61 Å². The van der Waals surface area contributed by atoms with Gasteiger partial charge in [0.05, 0.1) is 17.1 Å². The second kappa shape index (κ2) is 7.60. The molecule has 0 atom stereocenters. The number of rotatable bonds is 6. The Hall–Kier alpha value is -2.60. The van der Waals surface area contributed by atoms with Gasteiger partial charge in [-0.3, -0.25) is 10.1 Å². The van der Waals surface area contributed by atoms with Crippen LogP contribution in [0.4, 0.5) is 4.39 Å². The summed E-state index contributed by atoms with van der Waals surface area (Å²) in [4.78, 5) is 9.80. The average Bonchev–Trinajstić information content (AvgIpc) is 2.53. The van der Waals surface area contributed by atoms with Crippen molar-refractivity contribution in [3.05, 3.63) is 74.7 Å². The van der Waals surface area contributed by atoms with Crippen LogP contribution in [0.15, 0.2) is 42.6 Å². The molecular formula is C16H13ClFNO4. The number of hydrogen-bond acceptors (Lipinski definition) is 4. The summed E-state index contributed by atoms with van der Waals surface area (Å²) in [6.45, 7) is 0.181. The fourth-order valence-corrected chi connectivity index (χ4v) is 2.13. The second-order valence-electron chi connectivity index (χ2n) is 4.55. The van der Waals surface area contributed by atoms with E-state index in [9.17, 15) is 14.5 Å². The minimum atomic E-state index is -0.570. The molecule has 120 valence electrons. The van der Waals surface area contributed by atoms with Gasteiger partial charge in [-0.05, 0) is 35.4 Å². The maximum Gasteiger partial charge on any atom is 0.235 e. The average molecular weight is 338 g/mol. The zero-order valence-corrected chi connectivity index (χ0v) is 12.9. The van der Waals surface area contributed by atoms with Crippen LogP contribution in [0.2, 0.25) is 5.02 Å². The Kier molecular flexibility index (Phi) is 5.54. The molecule has 0 spiro atoms. The molecule has 0 heterocycles. The standard InChI is InChI=1S/C16H13ClFNO4/c1-22-15-9-12(6-7-19(20)21)8-14(17)16(15)23-10-11-2-4-13(18)5-3-11/h2-9H,10H2,1H3/b7-6+. The molecule has 23 heavy (non-hydrogen) atoms. The Balaban J connectivity index is 2.20. The van der Waals surface area contributed by atoms with Gasteiger partial charge in [0.15, 0.2) is 11.5 Å². The van der Waals surface area contributed by atoms with E-state index < -0.39 is 4.92 Å². The number of nitrogens with zero attached hydrogens (tertiary/aromatic N) is 1. The summed E-state index contributed by atoms with van der Waals surface area (Å²) in [7, 11) is 1.44. The highest BCUT2D eigenvalue weighted by Gasteiger charge is 2.12. The first-order valence-electron chi connectivity index (χ1n) is 6.56. The maximum absolute atomic E-state index is 12.9. The quantitative estimate of drug-likeness (QED) is 0.582. The van der Waals surface area contributed by atoms with E-state index in [1.165, 1.54) is 31.4 Å². The largest absolute Gasteiger partial charge is 0.493 e. The molecule has 2 aromatic rings. The van der Waals surface area contributed by atoms with Gasteiger partial charge in [-0.15, -0.1) is 0 Å². The Morgan fingerprint density at radius 1 is 1.30 bits per heavy atom. The van der Waals surface area contributed by atoms with Gasteiger partial charge in [-0.2, -0.15) is 0 Å². The molecule has 0 fully saturated rings.